The fraction of sp³-hybridized carbons (Fsp3) is 0.636. The van der Waals surface area contributed by atoms with Gasteiger partial charge in [-0.1, -0.05) is 0 Å². The molecule has 2 unspecified atom stereocenters. The topological polar surface area (TPSA) is 61.0 Å². The van der Waals surface area contributed by atoms with Gasteiger partial charge in [0.25, 0.3) is 5.56 Å². The molecule has 0 aromatic carbocycles. The van der Waals surface area contributed by atoms with E-state index in [-0.39, 0.29) is 5.56 Å². The zero-order chi connectivity index (χ0) is 11.8. The van der Waals surface area contributed by atoms with Gasteiger partial charge >= 0.3 is 0 Å². The van der Waals surface area contributed by atoms with Crippen LogP contribution in [-0.4, -0.2) is 40.3 Å². The molecule has 2 fully saturated rings. The molecule has 17 heavy (non-hydrogen) atoms. The summed E-state index contributed by atoms with van der Waals surface area (Å²) in [5.41, 5.74) is 0.615. The van der Waals surface area contributed by atoms with Crippen LogP contribution in [0.4, 0.5) is 5.69 Å². The van der Waals surface area contributed by atoms with Crippen molar-refractivity contribution in [1.82, 2.24) is 15.1 Å². The summed E-state index contributed by atoms with van der Waals surface area (Å²) in [6.45, 7) is 2.38. The number of anilines is 1. The summed E-state index contributed by atoms with van der Waals surface area (Å²) in [7, 11) is 0. The molecule has 92 valence electrons. The molecule has 3 rings (SSSR count). The van der Waals surface area contributed by atoms with Gasteiger partial charge in [-0.05, 0) is 41.7 Å². The Bertz CT molecular complexity index is 475. The maximum absolute atomic E-state index is 11.4. The van der Waals surface area contributed by atoms with Crippen molar-refractivity contribution >= 4 is 21.6 Å². The van der Waals surface area contributed by atoms with Gasteiger partial charge in [0, 0.05) is 18.6 Å². The zero-order valence-electron chi connectivity index (χ0n) is 9.45. The average Bonchev–Trinajstić information content (AvgIpc) is 2.89. The number of aromatic amines is 1. The first-order valence-corrected chi connectivity index (χ1v) is 6.79. The van der Waals surface area contributed by atoms with Gasteiger partial charge in [0.1, 0.15) is 4.47 Å². The van der Waals surface area contributed by atoms with Crippen LogP contribution in [0.2, 0.25) is 0 Å². The molecule has 6 heteroatoms. The molecule has 0 bridgehead atoms. The lowest BCUT2D eigenvalue weighted by atomic mass is 10.1. The Hall–Kier alpha value is -0.880. The predicted octanol–water partition coefficient (Wildman–Crippen LogP) is 1.18. The van der Waals surface area contributed by atoms with Crippen LogP contribution in [0.1, 0.15) is 19.3 Å². The maximum Gasteiger partial charge on any atom is 0.280 e. The monoisotopic (exact) mass is 298 g/mol. The molecule has 0 amide bonds. The second kappa shape index (κ2) is 4.42. The molecule has 2 N–H and O–H groups in total. The highest BCUT2D eigenvalue weighted by atomic mass is 79.9. The second-order valence-electron chi connectivity index (χ2n) is 4.71. The van der Waals surface area contributed by atoms with Crippen LogP contribution in [0.5, 0.6) is 0 Å². The summed E-state index contributed by atoms with van der Waals surface area (Å²) in [6.07, 6.45) is 5.36. The molecule has 0 spiro atoms. The van der Waals surface area contributed by atoms with Gasteiger partial charge in [-0.25, -0.2) is 5.10 Å². The number of aromatic nitrogens is 2. The molecular formula is C11H15BrN4O. The van der Waals surface area contributed by atoms with Crippen LogP contribution in [0.25, 0.3) is 0 Å². The van der Waals surface area contributed by atoms with Crippen molar-refractivity contribution in [3.05, 3.63) is 21.0 Å². The van der Waals surface area contributed by atoms with Crippen LogP contribution in [-0.2, 0) is 0 Å². The molecule has 0 radical (unpaired) electrons. The maximum atomic E-state index is 11.4. The van der Waals surface area contributed by atoms with Crippen molar-refractivity contribution in [2.24, 2.45) is 0 Å². The smallest absolute Gasteiger partial charge is 0.280 e. The minimum absolute atomic E-state index is 0.184. The van der Waals surface area contributed by atoms with E-state index in [1.165, 1.54) is 19.4 Å². The molecule has 2 aliphatic rings. The fourth-order valence-electron chi connectivity index (χ4n) is 2.93. The minimum Gasteiger partial charge on any atom is -0.378 e. The predicted molar refractivity (Wildman–Crippen MR) is 69.2 cm³/mol. The lowest BCUT2D eigenvalue weighted by Crippen LogP contribution is -2.34. The number of nitrogens with zero attached hydrogens (tertiary/aromatic N) is 2. The standard InChI is InChI=1S/C11H15BrN4O/c12-10-8(6-13-15-11(10)17)14-7-3-5-16-4-1-2-9(7)16/h6-7,9H,1-5H2,(H2,14,15,17). The Labute approximate surface area is 108 Å². The Balaban J connectivity index is 1.79. The van der Waals surface area contributed by atoms with E-state index in [0.717, 1.165) is 18.7 Å². The van der Waals surface area contributed by atoms with Gasteiger partial charge in [0.05, 0.1) is 11.9 Å². The minimum atomic E-state index is -0.184. The third kappa shape index (κ3) is 1.99. The van der Waals surface area contributed by atoms with Crippen molar-refractivity contribution in [2.45, 2.75) is 31.3 Å². The van der Waals surface area contributed by atoms with Gasteiger partial charge in [-0.15, -0.1) is 0 Å². The van der Waals surface area contributed by atoms with Gasteiger partial charge in [-0.3, -0.25) is 9.69 Å². The number of hydrogen-bond acceptors (Lipinski definition) is 4. The molecule has 2 atom stereocenters. The summed E-state index contributed by atoms with van der Waals surface area (Å²) < 4.78 is 0.545. The fourth-order valence-corrected chi connectivity index (χ4v) is 3.24. The van der Waals surface area contributed by atoms with E-state index in [1.807, 2.05) is 0 Å². The molecular weight excluding hydrogens is 284 g/mol. The lowest BCUT2D eigenvalue weighted by molar-refractivity contribution is 0.318. The van der Waals surface area contributed by atoms with E-state index < -0.39 is 0 Å². The first-order valence-electron chi connectivity index (χ1n) is 5.99. The Morgan fingerprint density at radius 1 is 1.47 bits per heavy atom. The van der Waals surface area contributed by atoms with Crippen LogP contribution in [0.3, 0.4) is 0 Å². The zero-order valence-corrected chi connectivity index (χ0v) is 11.0. The lowest BCUT2D eigenvalue weighted by Gasteiger charge is -2.22. The number of halogens is 1. The summed E-state index contributed by atoms with van der Waals surface area (Å²) in [6, 6.07) is 1.07. The summed E-state index contributed by atoms with van der Waals surface area (Å²) in [5.74, 6) is 0. The second-order valence-corrected chi connectivity index (χ2v) is 5.50. The van der Waals surface area contributed by atoms with Crippen molar-refractivity contribution < 1.29 is 0 Å². The van der Waals surface area contributed by atoms with E-state index in [9.17, 15) is 4.79 Å². The molecule has 5 nitrogen and oxygen atoms in total. The normalized spacial score (nSPS) is 28.3. The van der Waals surface area contributed by atoms with Crippen LogP contribution in [0, 0.1) is 0 Å². The Kier molecular flexibility index (Phi) is 2.92. The molecule has 2 saturated heterocycles. The number of H-pyrrole nitrogens is 1. The summed E-state index contributed by atoms with van der Waals surface area (Å²) in [5, 5.41) is 9.69. The van der Waals surface area contributed by atoms with Crippen LogP contribution >= 0.6 is 15.9 Å². The summed E-state index contributed by atoms with van der Waals surface area (Å²) in [4.78, 5) is 14.0. The molecule has 0 aliphatic carbocycles. The highest BCUT2D eigenvalue weighted by molar-refractivity contribution is 9.10. The van der Waals surface area contributed by atoms with E-state index in [1.54, 1.807) is 6.20 Å². The van der Waals surface area contributed by atoms with E-state index in [2.05, 4.69) is 36.3 Å². The first kappa shape index (κ1) is 11.2. The van der Waals surface area contributed by atoms with Crippen LogP contribution < -0.4 is 10.9 Å². The summed E-state index contributed by atoms with van der Waals surface area (Å²) >= 11 is 3.30. The van der Waals surface area contributed by atoms with Gasteiger partial charge in [0.2, 0.25) is 0 Å². The highest BCUT2D eigenvalue weighted by Gasteiger charge is 2.37. The largest absolute Gasteiger partial charge is 0.378 e. The van der Waals surface area contributed by atoms with E-state index in [4.69, 9.17) is 0 Å². The van der Waals surface area contributed by atoms with Crippen molar-refractivity contribution in [3.8, 4) is 0 Å². The SMILES string of the molecule is O=c1[nH]ncc(NC2CCN3CCCC23)c1Br. The van der Waals surface area contributed by atoms with E-state index in [0.29, 0.717) is 16.6 Å². The molecule has 2 aliphatic heterocycles. The van der Waals surface area contributed by atoms with Crippen molar-refractivity contribution in [1.29, 1.82) is 0 Å². The van der Waals surface area contributed by atoms with E-state index >= 15 is 0 Å². The highest BCUT2D eigenvalue weighted by Crippen LogP contribution is 2.30. The molecule has 3 heterocycles. The molecule has 0 saturated carbocycles. The number of rotatable bonds is 2. The Morgan fingerprint density at radius 3 is 3.24 bits per heavy atom. The van der Waals surface area contributed by atoms with Gasteiger partial charge < -0.3 is 5.32 Å². The third-order valence-corrected chi connectivity index (χ3v) is 4.53. The molecule has 1 aromatic heterocycles. The first-order chi connectivity index (χ1) is 8.25. The van der Waals surface area contributed by atoms with Gasteiger partial charge in [-0.2, -0.15) is 5.10 Å². The number of hydrogen-bond donors (Lipinski definition) is 2. The molecule has 1 aromatic rings. The number of fused-ring (bicyclic) bond motifs is 1. The van der Waals surface area contributed by atoms with Crippen LogP contribution in [0.15, 0.2) is 15.5 Å². The average molecular weight is 299 g/mol. The van der Waals surface area contributed by atoms with Crippen molar-refractivity contribution in [2.75, 3.05) is 18.4 Å². The number of nitrogens with one attached hydrogen (secondary N) is 2. The quantitative estimate of drug-likeness (QED) is 0.861. The third-order valence-electron chi connectivity index (χ3n) is 3.74. The van der Waals surface area contributed by atoms with Gasteiger partial charge in [0.15, 0.2) is 0 Å². The van der Waals surface area contributed by atoms with Crippen molar-refractivity contribution in [3.63, 3.8) is 0 Å². The Morgan fingerprint density at radius 2 is 2.35 bits per heavy atom.